The van der Waals surface area contributed by atoms with E-state index in [0.29, 0.717) is 53.1 Å². The predicted molar refractivity (Wildman–Crippen MR) is 174 cm³/mol. The molecule has 0 atom stereocenters. The summed E-state index contributed by atoms with van der Waals surface area (Å²) in [6.07, 6.45) is 3.37. The number of fused-ring (bicyclic) bond motifs is 1. The van der Waals surface area contributed by atoms with E-state index in [0.717, 1.165) is 18.9 Å². The number of pyridine rings is 1. The number of amides is 1. The zero-order valence-corrected chi connectivity index (χ0v) is 26.9. The minimum atomic E-state index is -3.70. The van der Waals surface area contributed by atoms with Gasteiger partial charge in [0.1, 0.15) is 24.1 Å². The number of imidazole rings is 1. The first kappa shape index (κ1) is 31.4. The fraction of sp³-hybridized carbons (Fsp3) is 0.278. The van der Waals surface area contributed by atoms with Gasteiger partial charge in [-0.15, -0.1) is 0 Å². The average Bonchev–Trinajstić information content (AvgIpc) is 4.01. The maximum Gasteiger partial charge on any atom is 0.264 e. The number of aromatic nitrogens is 3. The van der Waals surface area contributed by atoms with E-state index in [1.165, 1.54) is 18.2 Å². The lowest BCUT2D eigenvalue weighted by Gasteiger charge is -2.15. The Kier molecular flexibility index (Phi) is 7.95. The number of hydrogen-bond acceptors (Lipinski definition) is 7. The van der Waals surface area contributed by atoms with Gasteiger partial charge in [0, 0.05) is 35.7 Å². The molecule has 0 spiro atoms. The molecule has 0 aliphatic heterocycles. The highest BCUT2D eigenvalue weighted by molar-refractivity contribution is 7.91. The molecule has 2 aromatic heterocycles. The number of rotatable bonds is 11. The zero-order valence-electron chi connectivity index (χ0n) is 26.0. The number of sulfonamides is 1. The lowest BCUT2D eigenvalue weighted by atomic mass is 10.0. The minimum absolute atomic E-state index is 0.0585. The molecule has 3 aromatic carbocycles. The number of halogens is 2. The van der Waals surface area contributed by atoms with Crippen molar-refractivity contribution in [3.63, 3.8) is 0 Å². The van der Waals surface area contributed by atoms with Crippen LogP contribution >= 0.6 is 0 Å². The molecule has 244 valence electrons. The molecule has 0 saturated heterocycles. The topological polar surface area (TPSA) is 127 Å². The molecule has 2 saturated carbocycles. The molecule has 7 rings (SSSR count). The van der Waals surface area contributed by atoms with Gasteiger partial charge in [-0.2, -0.15) is 5.26 Å². The molecule has 12 heteroatoms. The maximum absolute atomic E-state index is 15.7. The molecule has 0 bridgehead atoms. The minimum Gasteiger partial charge on any atom is -0.473 e. The Bertz CT molecular complexity index is 2240. The van der Waals surface area contributed by atoms with Gasteiger partial charge in [0.15, 0.2) is 0 Å². The van der Waals surface area contributed by atoms with Crippen molar-refractivity contribution in [3.8, 4) is 23.2 Å². The lowest BCUT2D eigenvalue weighted by molar-refractivity contribution is 0.0981. The second kappa shape index (κ2) is 12.1. The van der Waals surface area contributed by atoms with Crippen LogP contribution in [0.4, 0.5) is 8.78 Å². The summed E-state index contributed by atoms with van der Waals surface area (Å²) in [6, 6.07) is 20.9. The van der Waals surface area contributed by atoms with E-state index >= 15 is 4.39 Å². The molecule has 48 heavy (non-hydrogen) atoms. The molecular formula is C36H31F2N5O4S. The standard InChI is InChI=1S/C36H31F2N5O4S/c1-36(13-14-36)21-43-32-17-25(35(44)42-48(45,46)27-10-11-27)9-12-31(32)40-33(43)18-23-7-8-24(16-29(23)38)30-3-2-4-34(41-30)47-20-26-6-5-22(19-39)15-28(26)37/h2-9,12,15-17,27H,10-11,13-14,18,20-21H2,1H3,(H,42,44). The molecule has 2 fully saturated rings. The van der Waals surface area contributed by atoms with Crippen LogP contribution < -0.4 is 9.46 Å². The molecule has 1 amide bonds. The summed E-state index contributed by atoms with van der Waals surface area (Å²) in [4.78, 5) is 22.2. The van der Waals surface area contributed by atoms with Crippen LogP contribution in [0.1, 0.15) is 65.5 Å². The third-order valence-corrected chi connectivity index (χ3v) is 10.7. The van der Waals surface area contributed by atoms with Crippen molar-refractivity contribution in [1.29, 1.82) is 5.26 Å². The molecule has 5 aromatic rings. The van der Waals surface area contributed by atoms with Gasteiger partial charge in [0.25, 0.3) is 5.91 Å². The van der Waals surface area contributed by atoms with E-state index in [1.54, 1.807) is 48.5 Å². The third kappa shape index (κ3) is 6.64. The van der Waals surface area contributed by atoms with Crippen LogP contribution in [0.2, 0.25) is 0 Å². The third-order valence-electron chi connectivity index (χ3n) is 8.91. The Morgan fingerprint density at radius 1 is 1.02 bits per heavy atom. The van der Waals surface area contributed by atoms with E-state index in [2.05, 4.69) is 16.6 Å². The number of nitriles is 1. The summed E-state index contributed by atoms with van der Waals surface area (Å²) >= 11 is 0. The first-order valence-corrected chi connectivity index (χ1v) is 17.2. The fourth-order valence-corrected chi connectivity index (χ4v) is 6.89. The zero-order chi connectivity index (χ0) is 33.6. The van der Waals surface area contributed by atoms with Crippen molar-refractivity contribution in [2.75, 3.05) is 0 Å². The van der Waals surface area contributed by atoms with Crippen LogP contribution in [0.25, 0.3) is 22.3 Å². The summed E-state index contributed by atoms with van der Waals surface area (Å²) in [5.74, 6) is -0.797. The van der Waals surface area contributed by atoms with Gasteiger partial charge in [0.2, 0.25) is 15.9 Å². The first-order chi connectivity index (χ1) is 23.0. The van der Waals surface area contributed by atoms with Crippen molar-refractivity contribution in [2.45, 2.75) is 57.4 Å². The second-order valence-electron chi connectivity index (χ2n) is 12.9. The number of nitrogens with one attached hydrogen (secondary N) is 1. The molecule has 2 aliphatic rings. The van der Waals surface area contributed by atoms with Crippen LogP contribution in [0.15, 0.2) is 72.8 Å². The van der Waals surface area contributed by atoms with Gasteiger partial charge in [-0.1, -0.05) is 31.2 Å². The highest BCUT2D eigenvalue weighted by Crippen LogP contribution is 2.47. The molecule has 2 aliphatic carbocycles. The fourth-order valence-electron chi connectivity index (χ4n) is 5.59. The molecule has 1 N–H and O–H groups in total. The largest absolute Gasteiger partial charge is 0.473 e. The van der Waals surface area contributed by atoms with Crippen LogP contribution in [0.3, 0.4) is 0 Å². The van der Waals surface area contributed by atoms with Crippen molar-refractivity contribution >= 4 is 27.0 Å². The van der Waals surface area contributed by atoms with Crippen molar-refractivity contribution in [1.82, 2.24) is 19.3 Å². The predicted octanol–water partition coefficient (Wildman–Crippen LogP) is 6.44. The van der Waals surface area contributed by atoms with E-state index < -0.39 is 32.8 Å². The first-order valence-electron chi connectivity index (χ1n) is 15.6. The Labute approximate surface area is 276 Å². The number of ether oxygens (including phenoxy) is 1. The number of carbonyl (C=O) groups is 1. The van der Waals surface area contributed by atoms with Crippen LogP contribution in [0.5, 0.6) is 5.88 Å². The average molecular weight is 668 g/mol. The monoisotopic (exact) mass is 667 g/mol. The van der Waals surface area contributed by atoms with Crippen LogP contribution in [0, 0.1) is 28.4 Å². The molecular weight excluding hydrogens is 636 g/mol. The molecule has 2 heterocycles. The summed E-state index contributed by atoms with van der Waals surface area (Å²) in [7, 11) is -3.70. The number of nitrogens with zero attached hydrogens (tertiary/aromatic N) is 4. The Hall–Kier alpha value is -5.15. The highest BCUT2D eigenvalue weighted by atomic mass is 32.2. The molecule has 9 nitrogen and oxygen atoms in total. The van der Waals surface area contributed by atoms with E-state index in [9.17, 15) is 17.6 Å². The normalized spacial score (nSPS) is 15.2. The number of hydrogen-bond donors (Lipinski definition) is 1. The van der Waals surface area contributed by atoms with Crippen molar-refractivity contribution in [2.24, 2.45) is 5.41 Å². The maximum atomic E-state index is 15.7. The van der Waals surface area contributed by atoms with E-state index in [4.69, 9.17) is 15.0 Å². The molecule has 0 radical (unpaired) electrons. The summed E-state index contributed by atoms with van der Waals surface area (Å²) in [5.41, 5.74) is 3.52. The Balaban J connectivity index is 1.12. The SMILES string of the molecule is CC1(Cn2c(Cc3ccc(-c4cccc(OCc5ccc(C#N)cc5F)n4)cc3F)nc3ccc(C(=O)NS(=O)(=O)C4CC4)cc32)CC1. The Morgan fingerprint density at radius 2 is 1.79 bits per heavy atom. The van der Waals surface area contributed by atoms with Gasteiger partial charge >= 0.3 is 0 Å². The van der Waals surface area contributed by atoms with E-state index in [1.807, 2.05) is 10.6 Å². The quantitative estimate of drug-likeness (QED) is 0.172. The Morgan fingerprint density at radius 3 is 2.50 bits per heavy atom. The van der Waals surface area contributed by atoms with Gasteiger partial charge < -0.3 is 9.30 Å². The van der Waals surface area contributed by atoms with Gasteiger partial charge in [-0.25, -0.2) is 31.9 Å². The van der Waals surface area contributed by atoms with Gasteiger partial charge in [0.05, 0.1) is 33.6 Å². The van der Waals surface area contributed by atoms with Crippen LogP contribution in [-0.4, -0.2) is 34.1 Å². The van der Waals surface area contributed by atoms with Crippen molar-refractivity contribution in [3.05, 3.63) is 113 Å². The van der Waals surface area contributed by atoms with E-state index in [-0.39, 0.29) is 41.0 Å². The number of carbonyl (C=O) groups excluding carboxylic acids is 1. The summed E-state index contributed by atoms with van der Waals surface area (Å²) in [6.45, 7) is 2.71. The van der Waals surface area contributed by atoms with Gasteiger partial charge in [-0.3, -0.25) is 4.79 Å². The highest BCUT2D eigenvalue weighted by Gasteiger charge is 2.39. The summed E-state index contributed by atoms with van der Waals surface area (Å²) in [5, 5.41) is 8.43. The lowest BCUT2D eigenvalue weighted by Crippen LogP contribution is -2.33. The van der Waals surface area contributed by atoms with Crippen LogP contribution in [-0.2, 0) is 29.6 Å². The van der Waals surface area contributed by atoms with Gasteiger partial charge in [-0.05, 0) is 79.1 Å². The second-order valence-corrected chi connectivity index (χ2v) is 14.8. The smallest absolute Gasteiger partial charge is 0.264 e. The van der Waals surface area contributed by atoms with Crippen molar-refractivity contribution < 1.29 is 26.7 Å². The molecule has 0 unspecified atom stereocenters. The summed E-state index contributed by atoms with van der Waals surface area (Å²) < 4.78 is 64.6. The number of benzene rings is 3.